The summed E-state index contributed by atoms with van der Waals surface area (Å²) in [7, 11) is 0. The largest absolute Gasteiger partial charge is 0.494 e. The molecule has 106 valence electrons. The Morgan fingerprint density at radius 3 is 2.76 bits per heavy atom. The van der Waals surface area contributed by atoms with E-state index in [9.17, 15) is 10.2 Å². The number of fused-ring (bicyclic) bond motifs is 3. The highest BCUT2D eigenvalue weighted by Gasteiger charge is 2.41. The molecule has 1 aromatic heterocycles. The number of nitrogens with zero attached hydrogens (tertiary/aromatic N) is 2. The van der Waals surface area contributed by atoms with Crippen LogP contribution in [0.3, 0.4) is 0 Å². The number of benzene rings is 1. The Morgan fingerprint density at radius 1 is 1.14 bits per heavy atom. The first-order chi connectivity index (χ1) is 10.3. The molecule has 2 atom stereocenters. The van der Waals surface area contributed by atoms with Crippen LogP contribution in [-0.4, -0.2) is 27.1 Å². The summed E-state index contributed by atoms with van der Waals surface area (Å²) in [5.41, 5.74) is 1.55. The van der Waals surface area contributed by atoms with Crippen LogP contribution in [0.5, 0.6) is 17.5 Å². The summed E-state index contributed by atoms with van der Waals surface area (Å²) in [5.74, 6) is 0.304. The van der Waals surface area contributed by atoms with E-state index in [2.05, 4.69) is 4.99 Å². The highest BCUT2D eigenvalue weighted by Crippen LogP contribution is 2.52. The Balaban J connectivity index is 1.76. The van der Waals surface area contributed by atoms with Crippen molar-refractivity contribution in [3.63, 3.8) is 0 Å². The first-order valence-electron chi connectivity index (χ1n) is 6.80. The molecule has 2 aliphatic rings. The molecule has 3 heterocycles. The monoisotopic (exact) mass is 282 g/mol. The Labute approximate surface area is 121 Å². The van der Waals surface area contributed by atoms with Gasteiger partial charge in [0.2, 0.25) is 11.8 Å². The van der Waals surface area contributed by atoms with E-state index in [0.717, 1.165) is 5.56 Å². The molecule has 2 aliphatic heterocycles. The maximum Gasteiger partial charge on any atom is 0.238 e. The second kappa shape index (κ2) is 4.41. The van der Waals surface area contributed by atoms with Gasteiger partial charge in [0.15, 0.2) is 5.75 Å². The number of ether oxygens (including phenoxy) is 1. The number of hydrogen-bond acceptors (Lipinski definition) is 4. The summed E-state index contributed by atoms with van der Waals surface area (Å²) >= 11 is 0. The van der Waals surface area contributed by atoms with Crippen LogP contribution < -0.4 is 4.74 Å². The SMILES string of the molecule is Oc1c2c(c(O)n1Cc1ccccc1)C1N=CC=CC1O2. The number of rotatable bonds is 2. The maximum atomic E-state index is 10.5. The molecule has 0 saturated heterocycles. The number of dihydropyridines is 1. The second-order valence-corrected chi connectivity index (χ2v) is 5.17. The van der Waals surface area contributed by atoms with E-state index in [1.165, 1.54) is 4.57 Å². The minimum absolute atomic E-state index is 0.0197. The molecule has 5 nitrogen and oxygen atoms in total. The van der Waals surface area contributed by atoms with Crippen LogP contribution >= 0.6 is 0 Å². The fourth-order valence-electron chi connectivity index (χ4n) is 2.86. The summed E-state index contributed by atoms with van der Waals surface area (Å²) in [6.45, 7) is 0.381. The smallest absolute Gasteiger partial charge is 0.238 e. The highest BCUT2D eigenvalue weighted by atomic mass is 16.5. The summed E-state index contributed by atoms with van der Waals surface area (Å²) in [5, 5.41) is 20.8. The molecule has 0 radical (unpaired) electrons. The lowest BCUT2D eigenvalue weighted by atomic mass is 10.1. The van der Waals surface area contributed by atoms with Crippen LogP contribution in [0.25, 0.3) is 0 Å². The van der Waals surface area contributed by atoms with Crippen molar-refractivity contribution in [1.29, 1.82) is 0 Å². The van der Waals surface area contributed by atoms with E-state index in [4.69, 9.17) is 4.74 Å². The van der Waals surface area contributed by atoms with Crippen LogP contribution in [0.1, 0.15) is 17.2 Å². The lowest BCUT2D eigenvalue weighted by molar-refractivity contribution is 0.239. The van der Waals surface area contributed by atoms with Gasteiger partial charge < -0.3 is 14.9 Å². The van der Waals surface area contributed by atoms with Gasteiger partial charge in [-0.05, 0) is 17.7 Å². The van der Waals surface area contributed by atoms with Crippen LogP contribution in [0.4, 0.5) is 0 Å². The molecular weight excluding hydrogens is 268 g/mol. The fraction of sp³-hybridized carbons (Fsp3) is 0.188. The minimum Gasteiger partial charge on any atom is -0.494 e. The van der Waals surface area contributed by atoms with Gasteiger partial charge in [-0.2, -0.15) is 0 Å². The first-order valence-corrected chi connectivity index (χ1v) is 6.80. The number of aromatic nitrogens is 1. The molecule has 0 bridgehead atoms. The van der Waals surface area contributed by atoms with Crippen molar-refractivity contribution >= 4 is 6.21 Å². The molecule has 0 fully saturated rings. The van der Waals surface area contributed by atoms with Gasteiger partial charge in [-0.3, -0.25) is 9.56 Å². The van der Waals surface area contributed by atoms with Gasteiger partial charge in [0.25, 0.3) is 0 Å². The topological polar surface area (TPSA) is 67.0 Å². The Bertz CT molecular complexity index is 747. The quantitative estimate of drug-likeness (QED) is 0.888. The van der Waals surface area contributed by atoms with Crippen molar-refractivity contribution < 1.29 is 14.9 Å². The molecule has 2 N–H and O–H groups in total. The number of aliphatic imine (C=N–C) groups is 1. The molecule has 0 amide bonds. The summed E-state index contributed by atoms with van der Waals surface area (Å²) in [6, 6.07) is 9.36. The van der Waals surface area contributed by atoms with E-state index >= 15 is 0 Å². The summed E-state index contributed by atoms with van der Waals surface area (Å²) in [4.78, 5) is 4.33. The van der Waals surface area contributed by atoms with Crippen molar-refractivity contribution in [1.82, 2.24) is 4.57 Å². The molecule has 1 aromatic carbocycles. The van der Waals surface area contributed by atoms with E-state index in [-0.39, 0.29) is 23.9 Å². The zero-order chi connectivity index (χ0) is 14.4. The fourth-order valence-corrected chi connectivity index (χ4v) is 2.86. The number of aromatic hydroxyl groups is 2. The molecule has 0 spiro atoms. The number of hydrogen-bond donors (Lipinski definition) is 2. The van der Waals surface area contributed by atoms with E-state index in [1.807, 2.05) is 36.4 Å². The lowest BCUT2D eigenvalue weighted by Crippen LogP contribution is -2.17. The third kappa shape index (κ3) is 1.74. The predicted molar refractivity (Wildman–Crippen MR) is 78.1 cm³/mol. The van der Waals surface area contributed by atoms with Crippen LogP contribution in [0.2, 0.25) is 0 Å². The van der Waals surface area contributed by atoms with Crippen molar-refractivity contribution in [2.75, 3.05) is 0 Å². The van der Waals surface area contributed by atoms with E-state index in [1.54, 1.807) is 12.3 Å². The summed E-state index contributed by atoms with van der Waals surface area (Å²) in [6.07, 6.45) is 5.12. The average Bonchev–Trinajstić information content (AvgIpc) is 3.00. The molecule has 4 rings (SSSR count). The standard InChI is InChI=1S/C16H14N2O3/c19-15-12-13-11(7-4-8-17-13)21-14(12)16(20)18(15)9-10-5-2-1-3-6-10/h1-8,11,13,19-20H,9H2. The number of allylic oxidation sites excluding steroid dienone is 1. The van der Waals surface area contributed by atoms with Gasteiger partial charge in [-0.1, -0.05) is 30.3 Å². The van der Waals surface area contributed by atoms with Gasteiger partial charge in [0, 0.05) is 6.21 Å². The molecule has 2 unspecified atom stereocenters. The molecular formula is C16H14N2O3. The van der Waals surface area contributed by atoms with Crippen molar-refractivity contribution in [3.8, 4) is 17.5 Å². The Hall–Kier alpha value is -2.69. The normalized spacial score (nSPS) is 21.9. The van der Waals surface area contributed by atoms with Crippen molar-refractivity contribution in [2.45, 2.75) is 18.7 Å². The first kappa shape index (κ1) is 12.1. The van der Waals surface area contributed by atoms with Gasteiger partial charge in [-0.25, -0.2) is 0 Å². The lowest BCUT2D eigenvalue weighted by Gasteiger charge is -2.16. The van der Waals surface area contributed by atoms with Crippen LogP contribution in [-0.2, 0) is 6.54 Å². The molecule has 0 saturated carbocycles. The average molecular weight is 282 g/mol. The third-order valence-electron chi connectivity index (χ3n) is 3.88. The van der Waals surface area contributed by atoms with Gasteiger partial charge in [0.05, 0.1) is 12.1 Å². The van der Waals surface area contributed by atoms with Crippen LogP contribution in [0, 0.1) is 0 Å². The van der Waals surface area contributed by atoms with Crippen molar-refractivity contribution in [2.24, 2.45) is 4.99 Å². The van der Waals surface area contributed by atoms with Gasteiger partial charge in [-0.15, -0.1) is 0 Å². The molecule has 21 heavy (non-hydrogen) atoms. The van der Waals surface area contributed by atoms with Crippen molar-refractivity contribution in [3.05, 3.63) is 53.6 Å². The minimum atomic E-state index is -0.284. The Kier molecular flexibility index (Phi) is 2.54. The van der Waals surface area contributed by atoms with E-state index < -0.39 is 0 Å². The molecule has 0 aliphatic carbocycles. The zero-order valence-electron chi connectivity index (χ0n) is 11.2. The second-order valence-electron chi connectivity index (χ2n) is 5.17. The maximum absolute atomic E-state index is 10.5. The zero-order valence-corrected chi connectivity index (χ0v) is 11.2. The predicted octanol–water partition coefficient (Wildman–Crippen LogP) is 2.39. The third-order valence-corrected chi connectivity index (χ3v) is 3.88. The molecule has 2 aromatic rings. The Morgan fingerprint density at radius 2 is 1.95 bits per heavy atom. The van der Waals surface area contributed by atoms with Gasteiger partial charge >= 0.3 is 0 Å². The van der Waals surface area contributed by atoms with Crippen LogP contribution in [0.15, 0.2) is 47.5 Å². The van der Waals surface area contributed by atoms with Gasteiger partial charge in [0.1, 0.15) is 12.1 Å². The molecule has 5 heteroatoms. The van der Waals surface area contributed by atoms with E-state index in [0.29, 0.717) is 17.9 Å². The summed E-state index contributed by atoms with van der Waals surface area (Å²) < 4.78 is 7.16. The highest BCUT2D eigenvalue weighted by molar-refractivity contribution is 5.74.